The van der Waals surface area contributed by atoms with E-state index in [2.05, 4.69) is 6.92 Å². The molecule has 2 rings (SSSR count). The van der Waals surface area contributed by atoms with E-state index in [-0.39, 0.29) is 5.54 Å². The van der Waals surface area contributed by atoms with E-state index in [1.807, 2.05) is 0 Å². The smallest absolute Gasteiger partial charge is 0.0593 e. The number of rotatable bonds is 5. The van der Waals surface area contributed by atoms with Crippen molar-refractivity contribution in [2.24, 2.45) is 11.7 Å². The molecule has 2 nitrogen and oxygen atoms in total. The third kappa shape index (κ3) is 3.96. The van der Waals surface area contributed by atoms with Gasteiger partial charge in [-0.05, 0) is 50.9 Å². The maximum atomic E-state index is 6.55. The molecule has 1 aliphatic carbocycles. The average Bonchev–Trinajstić information content (AvgIpc) is 2.81. The summed E-state index contributed by atoms with van der Waals surface area (Å²) in [5.74, 6) is 0.955. The second-order valence-corrected chi connectivity index (χ2v) is 6.29. The third-order valence-electron chi connectivity index (χ3n) is 4.73. The SMILES string of the molecule is CCCCC1CCC(N)(CC2CCCO2)CC1. The molecule has 1 saturated heterocycles. The average molecular weight is 239 g/mol. The van der Waals surface area contributed by atoms with Crippen LogP contribution in [0.15, 0.2) is 0 Å². The largest absolute Gasteiger partial charge is 0.378 e. The van der Waals surface area contributed by atoms with E-state index < -0.39 is 0 Å². The Labute approximate surface area is 106 Å². The first-order valence-electron chi connectivity index (χ1n) is 7.62. The quantitative estimate of drug-likeness (QED) is 0.795. The van der Waals surface area contributed by atoms with Gasteiger partial charge in [0.25, 0.3) is 0 Å². The fraction of sp³-hybridized carbons (Fsp3) is 1.00. The van der Waals surface area contributed by atoms with Gasteiger partial charge < -0.3 is 10.5 Å². The molecule has 0 aromatic heterocycles. The van der Waals surface area contributed by atoms with Crippen LogP contribution in [0, 0.1) is 5.92 Å². The minimum absolute atomic E-state index is 0.0950. The van der Waals surface area contributed by atoms with Crippen molar-refractivity contribution in [1.82, 2.24) is 0 Å². The van der Waals surface area contributed by atoms with Crippen molar-refractivity contribution in [3.8, 4) is 0 Å². The molecule has 0 aromatic carbocycles. The molecule has 0 aromatic rings. The van der Waals surface area contributed by atoms with E-state index in [1.165, 1.54) is 57.8 Å². The fourth-order valence-corrected chi connectivity index (χ4v) is 3.50. The second kappa shape index (κ2) is 6.19. The van der Waals surface area contributed by atoms with Gasteiger partial charge in [0.05, 0.1) is 6.10 Å². The van der Waals surface area contributed by atoms with E-state index in [1.54, 1.807) is 0 Å². The molecule has 17 heavy (non-hydrogen) atoms. The highest BCUT2D eigenvalue weighted by Gasteiger charge is 2.34. The fourth-order valence-electron chi connectivity index (χ4n) is 3.50. The van der Waals surface area contributed by atoms with E-state index >= 15 is 0 Å². The predicted octanol–water partition coefficient (Wildman–Crippen LogP) is 3.63. The van der Waals surface area contributed by atoms with Gasteiger partial charge in [-0.3, -0.25) is 0 Å². The zero-order valence-electron chi connectivity index (χ0n) is 11.4. The zero-order chi connectivity index (χ0) is 12.1. The molecule has 2 N–H and O–H groups in total. The Hall–Kier alpha value is -0.0800. The highest BCUT2D eigenvalue weighted by molar-refractivity contribution is 4.92. The van der Waals surface area contributed by atoms with Gasteiger partial charge in [0.2, 0.25) is 0 Å². The molecule has 2 aliphatic rings. The Morgan fingerprint density at radius 2 is 2.00 bits per heavy atom. The minimum atomic E-state index is 0.0950. The number of ether oxygens (including phenoxy) is 1. The molecule has 1 heterocycles. The molecule has 2 heteroatoms. The summed E-state index contributed by atoms with van der Waals surface area (Å²) < 4.78 is 5.73. The Kier molecular flexibility index (Phi) is 4.87. The van der Waals surface area contributed by atoms with Crippen LogP contribution in [0.2, 0.25) is 0 Å². The zero-order valence-corrected chi connectivity index (χ0v) is 11.4. The van der Waals surface area contributed by atoms with Crippen LogP contribution in [0.5, 0.6) is 0 Å². The summed E-state index contributed by atoms with van der Waals surface area (Å²) >= 11 is 0. The van der Waals surface area contributed by atoms with Crippen molar-refractivity contribution in [1.29, 1.82) is 0 Å². The Morgan fingerprint density at radius 1 is 1.24 bits per heavy atom. The van der Waals surface area contributed by atoms with E-state index in [4.69, 9.17) is 10.5 Å². The molecule has 0 radical (unpaired) electrons. The summed E-state index contributed by atoms with van der Waals surface area (Å²) in [6.07, 6.45) is 13.3. The maximum Gasteiger partial charge on any atom is 0.0593 e. The van der Waals surface area contributed by atoms with E-state index in [9.17, 15) is 0 Å². The maximum absolute atomic E-state index is 6.55. The lowest BCUT2D eigenvalue weighted by atomic mass is 9.73. The van der Waals surface area contributed by atoms with Gasteiger partial charge >= 0.3 is 0 Å². The lowest BCUT2D eigenvalue weighted by Gasteiger charge is -2.38. The van der Waals surface area contributed by atoms with Crippen molar-refractivity contribution in [3.05, 3.63) is 0 Å². The molecule has 0 bridgehead atoms. The van der Waals surface area contributed by atoms with E-state index in [0.717, 1.165) is 18.9 Å². The Morgan fingerprint density at radius 3 is 2.59 bits per heavy atom. The first-order valence-corrected chi connectivity index (χ1v) is 7.62. The normalized spacial score (nSPS) is 38.5. The summed E-state index contributed by atoms with van der Waals surface area (Å²) in [4.78, 5) is 0. The van der Waals surface area contributed by atoms with Crippen molar-refractivity contribution in [2.75, 3.05) is 6.61 Å². The summed E-state index contributed by atoms with van der Waals surface area (Å²) in [5.41, 5.74) is 6.64. The number of unbranched alkanes of at least 4 members (excludes halogenated alkanes) is 1. The minimum Gasteiger partial charge on any atom is -0.378 e. The number of hydrogen-bond donors (Lipinski definition) is 1. The second-order valence-electron chi connectivity index (χ2n) is 6.29. The standard InChI is InChI=1S/C15H29NO/c1-2-3-5-13-7-9-15(16,10-8-13)12-14-6-4-11-17-14/h13-14H,2-12,16H2,1H3. The molecule has 100 valence electrons. The molecule has 1 saturated carbocycles. The van der Waals surface area contributed by atoms with Crippen LogP contribution in [0.4, 0.5) is 0 Å². The van der Waals surface area contributed by atoms with Gasteiger partial charge in [0.15, 0.2) is 0 Å². The lowest BCUT2D eigenvalue weighted by molar-refractivity contribution is 0.0686. The van der Waals surface area contributed by atoms with Gasteiger partial charge in [-0.25, -0.2) is 0 Å². The molecular formula is C15H29NO. The summed E-state index contributed by atoms with van der Waals surface area (Å²) in [6.45, 7) is 3.24. The lowest BCUT2D eigenvalue weighted by Crippen LogP contribution is -2.45. The van der Waals surface area contributed by atoms with Gasteiger partial charge in [-0.2, -0.15) is 0 Å². The Bertz CT molecular complexity index is 215. The monoisotopic (exact) mass is 239 g/mol. The van der Waals surface area contributed by atoms with Crippen LogP contribution in [0.3, 0.4) is 0 Å². The predicted molar refractivity (Wildman–Crippen MR) is 72.0 cm³/mol. The van der Waals surface area contributed by atoms with Gasteiger partial charge in [0, 0.05) is 12.1 Å². The van der Waals surface area contributed by atoms with Gasteiger partial charge in [0.1, 0.15) is 0 Å². The molecule has 1 aliphatic heterocycles. The van der Waals surface area contributed by atoms with Gasteiger partial charge in [-0.15, -0.1) is 0 Å². The molecule has 1 unspecified atom stereocenters. The van der Waals surface area contributed by atoms with Crippen LogP contribution in [-0.2, 0) is 4.74 Å². The summed E-state index contributed by atoms with van der Waals surface area (Å²) in [6, 6.07) is 0. The first-order chi connectivity index (χ1) is 8.22. The van der Waals surface area contributed by atoms with Crippen LogP contribution in [-0.4, -0.2) is 18.2 Å². The van der Waals surface area contributed by atoms with Crippen LogP contribution in [0.1, 0.15) is 71.1 Å². The summed E-state index contributed by atoms with van der Waals surface area (Å²) in [7, 11) is 0. The van der Waals surface area contributed by atoms with Crippen molar-refractivity contribution in [3.63, 3.8) is 0 Å². The Balaban J connectivity index is 1.72. The van der Waals surface area contributed by atoms with Crippen LogP contribution in [0.25, 0.3) is 0 Å². The van der Waals surface area contributed by atoms with Crippen molar-refractivity contribution in [2.45, 2.75) is 82.8 Å². The first kappa shape index (κ1) is 13.4. The molecule has 2 fully saturated rings. The highest BCUT2D eigenvalue weighted by atomic mass is 16.5. The number of nitrogens with two attached hydrogens (primary N) is 1. The molecular weight excluding hydrogens is 210 g/mol. The molecule has 0 spiro atoms. The highest BCUT2D eigenvalue weighted by Crippen LogP contribution is 2.37. The molecule has 1 atom stereocenters. The molecule has 0 amide bonds. The number of hydrogen-bond acceptors (Lipinski definition) is 2. The third-order valence-corrected chi connectivity index (χ3v) is 4.73. The summed E-state index contributed by atoms with van der Waals surface area (Å²) in [5, 5.41) is 0. The van der Waals surface area contributed by atoms with Crippen molar-refractivity contribution >= 4 is 0 Å². The van der Waals surface area contributed by atoms with Crippen molar-refractivity contribution < 1.29 is 4.74 Å². The topological polar surface area (TPSA) is 35.2 Å². The van der Waals surface area contributed by atoms with Crippen LogP contribution < -0.4 is 5.73 Å². The van der Waals surface area contributed by atoms with Gasteiger partial charge in [-0.1, -0.05) is 26.2 Å². The van der Waals surface area contributed by atoms with E-state index in [0.29, 0.717) is 6.10 Å². The van der Waals surface area contributed by atoms with Crippen LogP contribution >= 0.6 is 0 Å².